The molecule has 0 aliphatic rings. The predicted octanol–water partition coefficient (Wildman–Crippen LogP) is 2.56. The van der Waals surface area contributed by atoms with E-state index in [-0.39, 0.29) is 4.92 Å². The van der Waals surface area contributed by atoms with Crippen molar-refractivity contribution in [3.63, 3.8) is 0 Å². The highest BCUT2D eigenvalue weighted by Gasteiger charge is 2.35. The van der Waals surface area contributed by atoms with Crippen molar-refractivity contribution >= 4 is 0 Å². The fraction of sp³-hybridized carbons (Fsp3) is 0.556. The SMILES string of the molecule is C=CCC(C)(CC(=C)C)[N+](=O)[O-]. The zero-order valence-electron chi connectivity index (χ0n) is 7.67. The monoisotopic (exact) mass is 169 g/mol. The van der Waals surface area contributed by atoms with Crippen molar-refractivity contribution in [1.82, 2.24) is 0 Å². The Hall–Kier alpha value is -1.12. The van der Waals surface area contributed by atoms with Crippen LogP contribution in [0.4, 0.5) is 0 Å². The van der Waals surface area contributed by atoms with Crippen molar-refractivity contribution in [2.24, 2.45) is 0 Å². The van der Waals surface area contributed by atoms with Crippen LogP contribution in [-0.2, 0) is 0 Å². The Morgan fingerprint density at radius 3 is 2.50 bits per heavy atom. The van der Waals surface area contributed by atoms with Crippen LogP contribution in [0.15, 0.2) is 24.8 Å². The highest BCUT2D eigenvalue weighted by atomic mass is 16.6. The Kier molecular flexibility index (Phi) is 3.67. The van der Waals surface area contributed by atoms with Gasteiger partial charge in [0.1, 0.15) is 0 Å². The van der Waals surface area contributed by atoms with E-state index in [2.05, 4.69) is 13.2 Å². The van der Waals surface area contributed by atoms with Crippen molar-refractivity contribution in [1.29, 1.82) is 0 Å². The third-order valence-electron chi connectivity index (χ3n) is 1.71. The quantitative estimate of drug-likeness (QED) is 0.360. The van der Waals surface area contributed by atoms with Crippen LogP contribution in [0.2, 0.25) is 0 Å². The summed E-state index contributed by atoms with van der Waals surface area (Å²) in [5.41, 5.74) is -0.0934. The molecule has 0 aliphatic heterocycles. The summed E-state index contributed by atoms with van der Waals surface area (Å²) in [5, 5.41) is 10.7. The molecule has 68 valence electrons. The minimum absolute atomic E-state index is 0.261. The second-order valence-electron chi connectivity index (χ2n) is 3.38. The second-order valence-corrected chi connectivity index (χ2v) is 3.38. The van der Waals surface area contributed by atoms with Gasteiger partial charge in [0.05, 0.1) is 0 Å². The van der Waals surface area contributed by atoms with E-state index in [1.165, 1.54) is 0 Å². The fourth-order valence-electron chi connectivity index (χ4n) is 1.17. The van der Waals surface area contributed by atoms with Gasteiger partial charge in [-0.2, -0.15) is 0 Å². The molecule has 0 rings (SSSR count). The summed E-state index contributed by atoms with van der Waals surface area (Å²) < 4.78 is 0. The molecular weight excluding hydrogens is 154 g/mol. The lowest BCUT2D eigenvalue weighted by molar-refractivity contribution is -0.564. The lowest BCUT2D eigenvalue weighted by Crippen LogP contribution is -2.34. The molecule has 0 aliphatic carbocycles. The van der Waals surface area contributed by atoms with Crippen LogP contribution in [0.5, 0.6) is 0 Å². The van der Waals surface area contributed by atoms with Gasteiger partial charge in [-0.05, 0) is 6.92 Å². The number of nitrogens with zero attached hydrogens (tertiary/aromatic N) is 1. The van der Waals surface area contributed by atoms with Crippen molar-refractivity contribution in [2.75, 3.05) is 0 Å². The van der Waals surface area contributed by atoms with Crippen LogP contribution in [0.1, 0.15) is 26.7 Å². The molecule has 0 N–H and O–H groups in total. The van der Waals surface area contributed by atoms with E-state index in [9.17, 15) is 10.1 Å². The van der Waals surface area contributed by atoms with Gasteiger partial charge in [0.15, 0.2) is 0 Å². The standard InChI is InChI=1S/C9H15NO2/c1-5-6-9(4,10(11)12)7-8(2)3/h5H,1-2,6-7H2,3-4H3. The molecule has 0 saturated heterocycles. The summed E-state index contributed by atoms with van der Waals surface area (Å²) >= 11 is 0. The van der Waals surface area contributed by atoms with E-state index >= 15 is 0 Å². The Labute approximate surface area is 72.9 Å². The lowest BCUT2D eigenvalue weighted by Gasteiger charge is -2.18. The summed E-state index contributed by atoms with van der Waals surface area (Å²) in [7, 11) is 0. The topological polar surface area (TPSA) is 43.1 Å². The van der Waals surface area contributed by atoms with Gasteiger partial charge in [0.2, 0.25) is 5.54 Å². The first kappa shape index (κ1) is 10.9. The van der Waals surface area contributed by atoms with Crippen molar-refractivity contribution in [3.8, 4) is 0 Å². The molecule has 12 heavy (non-hydrogen) atoms. The summed E-state index contributed by atoms with van der Waals surface area (Å²) in [5.74, 6) is 0. The van der Waals surface area contributed by atoms with Crippen LogP contribution in [-0.4, -0.2) is 10.5 Å². The first-order valence-corrected chi connectivity index (χ1v) is 3.82. The number of hydrogen-bond donors (Lipinski definition) is 0. The van der Waals surface area contributed by atoms with Crippen LogP contribution in [0.25, 0.3) is 0 Å². The van der Waals surface area contributed by atoms with Crippen LogP contribution in [0, 0.1) is 10.1 Å². The van der Waals surface area contributed by atoms with Crippen LogP contribution >= 0.6 is 0 Å². The zero-order valence-corrected chi connectivity index (χ0v) is 7.67. The first-order valence-electron chi connectivity index (χ1n) is 3.82. The fourth-order valence-corrected chi connectivity index (χ4v) is 1.17. The molecule has 0 aromatic carbocycles. The molecule has 1 atom stereocenters. The largest absolute Gasteiger partial charge is 0.264 e. The van der Waals surface area contributed by atoms with Gasteiger partial charge in [-0.25, -0.2) is 0 Å². The molecule has 0 saturated carbocycles. The molecule has 0 bridgehead atoms. The Bertz CT molecular complexity index is 211. The maximum atomic E-state index is 10.7. The van der Waals surface area contributed by atoms with Gasteiger partial charge < -0.3 is 0 Å². The molecule has 0 aromatic rings. The van der Waals surface area contributed by atoms with Crippen molar-refractivity contribution in [2.45, 2.75) is 32.2 Å². The average Bonchev–Trinajstić information content (AvgIpc) is 1.85. The summed E-state index contributed by atoms with van der Waals surface area (Å²) in [4.78, 5) is 10.4. The summed E-state index contributed by atoms with van der Waals surface area (Å²) in [6.45, 7) is 10.6. The molecule has 0 radical (unpaired) electrons. The molecule has 0 aromatic heterocycles. The summed E-state index contributed by atoms with van der Waals surface area (Å²) in [6.07, 6.45) is 2.37. The normalized spacial score (nSPS) is 14.8. The molecule has 0 heterocycles. The zero-order chi connectivity index (χ0) is 9.78. The van der Waals surface area contributed by atoms with E-state index in [0.717, 1.165) is 5.57 Å². The molecule has 0 spiro atoms. The van der Waals surface area contributed by atoms with E-state index in [1.54, 1.807) is 19.9 Å². The highest BCUT2D eigenvalue weighted by molar-refractivity contribution is 4.98. The average molecular weight is 169 g/mol. The summed E-state index contributed by atoms with van der Waals surface area (Å²) in [6, 6.07) is 0. The first-order chi connectivity index (χ1) is 5.42. The van der Waals surface area contributed by atoms with Gasteiger partial charge in [0.25, 0.3) is 0 Å². The van der Waals surface area contributed by atoms with Gasteiger partial charge in [-0.15, -0.1) is 6.58 Å². The van der Waals surface area contributed by atoms with E-state index in [0.29, 0.717) is 12.8 Å². The highest BCUT2D eigenvalue weighted by Crippen LogP contribution is 2.22. The lowest BCUT2D eigenvalue weighted by atomic mass is 9.91. The Morgan fingerprint density at radius 1 is 1.75 bits per heavy atom. The molecule has 3 nitrogen and oxygen atoms in total. The Balaban J connectivity index is 4.49. The van der Waals surface area contributed by atoms with Crippen LogP contribution < -0.4 is 0 Å². The third-order valence-corrected chi connectivity index (χ3v) is 1.71. The van der Waals surface area contributed by atoms with E-state index < -0.39 is 5.54 Å². The minimum Gasteiger partial charge on any atom is -0.264 e. The number of nitro groups is 1. The molecule has 0 fully saturated rings. The van der Waals surface area contributed by atoms with E-state index in [4.69, 9.17) is 0 Å². The molecular formula is C9H15NO2. The van der Waals surface area contributed by atoms with E-state index in [1.807, 2.05) is 0 Å². The Morgan fingerprint density at radius 2 is 2.25 bits per heavy atom. The van der Waals surface area contributed by atoms with Crippen molar-refractivity contribution < 1.29 is 4.92 Å². The molecule has 1 unspecified atom stereocenters. The smallest absolute Gasteiger partial charge is 0.226 e. The molecule has 0 amide bonds. The van der Waals surface area contributed by atoms with Crippen molar-refractivity contribution in [3.05, 3.63) is 34.9 Å². The maximum Gasteiger partial charge on any atom is 0.226 e. The third kappa shape index (κ3) is 2.86. The van der Waals surface area contributed by atoms with Gasteiger partial charge in [-0.1, -0.05) is 18.2 Å². The second kappa shape index (κ2) is 4.04. The minimum atomic E-state index is -0.923. The van der Waals surface area contributed by atoms with Crippen LogP contribution in [0.3, 0.4) is 0 Å². The molecule has 3 heteroatoms. The number of rotatable bonds is 5. The predicted molar refractivity (Wildman–Crippen MR) is 49.6 cm³/mol. The van der Waals surface area contributed by atoms with Gasteiger partial charge in [0, 0.05) is 24.7 Å². The van der Waals surface area contributed by atoms with Gasteiger partial charge >= 0.3 is 0 Å². The van der Waals surface area contributed by atoms with Gasteiger partial charge in [-0.3, -0.25) is 10.1 Å². The maximum absolute atomic E-state index is 10.7. The number of hydrogen-bond acceptors (Lipinski definition) is 2.